The van der Waals surface area contributed by atoms with Gasteiger partial charge in [0.05, 0.1) is 6.54 Å². The van der Waals surface area contributed by atoms with Crippen molar-refractivity contribution >= 4 is 11.5 Å². The highest BCUT2D eigenvalue weighted by Gasteiger charge is 2.25. The Morgan fingerprint density at radius 3 is 2.30 bits per heavy atom. The quantitative estimate of drug-likeness (QED) is 0.620. The average molecular weight is 402 g/mol. The van der Waals surface area contributed by atoms with Gasteiger partial charge in [0.15, 0.2) is 0 Å². The molecule has 1 heterocycles. The Kier molecular flexibility index (Phi) is 5.84. The Morgan fingerprint density at radius 2 is 1.67 bits per heavy atom. The number of nitrogens with zero attached hydrogens (tertiary/aromatic N) is 2. The number of benzene rings is 2. The van der Waals surface area contributed by atoms with Gasteiger partial charge in [-0.1, -0.05) is 72.8 Å². The summed E-state index contributed by atoms with van der Waals surface area (Å²) in [5, 5.41) is 0. The van der Waals surface area contributed by atoms with Gasteiger partial charge in [0.1, 0.15) is 11.5 Å². The summed E-state index contributed by atoms with van der Waals surface area (Å²) < 4.78 is 1.44. The van der Waals surface area contributed by atoms with E-state index in [0.717, 1.165) is 30.4 Å². The van der Waals surface area contributed by atoms with Crippen LogP contribution in [0.5, 0.6) is 0 Å². The van der Waals surface area contributed by atoms with Crippen molar-refractivity contribution in [2.45, 2.75) is 38.4 Å². The summed E-state index contributed by atoms with van der Waals surface area (Å²) in [7, 11) is 0. The van der Waals surface area contributed by atoms with Gasteiger partial charge in [0.25, 0.3) is 5.56 Å². The van der Waals surface area contributed by atoms with Crippen LogP contribution >= 0.6 is 0 Å². The fourth-order valence-corrected chi connectivity index (χ4v) is 3.97. The molecule has 1 aliphatic carbocycles. The average Bonchev–Trinajstić information content (AvgIpc) is 2.78. The molecule has 154 valence electrons. The molecule has 1 aliphatic rings. The van der Waals surface area contributed by atoms with Crippen LogP contribution in [0, 0.1) is 0 Å². The summed E-state index contributed by atoms with van der Waals surface area (Å²) in [4.78, 5) is 30.0. The van der Waals surface area contributed by atoms with E-state index in [1.165, 1.54) is 4.57 Å². The smallest absolute Gasteiger partial charge is 0.330 e. The molecule has 0 amide bonds. The van der Waals surface area contributed by atoms with E-state index in [-0.39, 0.29) is 11.9 Å². The Morgan fingerprint density at radius 1 is 1.00 bits per heavy atom. The largest absolute Gasteiger partial charge is 0.383 e. The van der Waals surface area contributed by atoms with Gasteiger partial charge in [-0.2, -0.15) is 0 Å². The van der Waals surface area contributed by atoms with Crippen LogP contribution < -0.4 is 21.9 Å². The molecule has 1 unspecified atom stereocenters. The van der Waals surface area contributed by atoms with Crippen molar-refractivity contribution in [3.8, 4) is 0 Å². The second-order valence-corrected chi connectivity index (χ2v) is 7.60. The molecular formula is C24H26N4O2. The Balaban J connectivity index is 1.80. The van der Waals surface area contributed by atoms with E-state index in [4.69, 9.17) is 5.73 Å². The number of hydrogen-bond acceptors (Lipinski definition) is 4. The zero-order valence-corrected chi connectivity index (χ0v) is 16.8. The van der Waals surface area contributed by atoms with Gasteiger partial charge in [-0.3, -0.25) is 14.3 Å². The molecule has 2 aromatic carbocycles. The summed E-state index contributed by atoms with van der Waals surface area (Å²) in [5.41, 5.74) is 7.90. The van der Waals surface area contributed by atoms with Gasteiger partial charge < -0.3 is 10.6 Å². The van der Waals surface area contributed by atoms with Crippen molar-refractivity contribution in [2.24, 2.45) is 0 Å². The first-order valence-corrected chi connectivity index (χ1v) is 10.3. The van der Waals surface area contributed by atoms with E-state index in [0.29, 0.717) is 18.8 Å². The maximum Gasteiger partial charge on any atom is 0.330 e. The Hall–Kier alpha value is -3.54. The number of hydrogen-bond donors (Lipinski definition) is 2. The zero-order valence-electron chi connectivity index (χ0n) is 16.8. The number of H-pyrrole nitrogens is 1. The zero-order chi connectivity index (χ0) is 20.9. The molecule has 4 rings (SSSR count). The highest BCUT2D eigenvalue weighted by Crippen LogP contribution is 2.27. The van der Waals surface area contributed by atoms with Crippen molar-refractivity contribution in [3.05, 3.63) is 105 Å². The Bertz CT molecular complexity index is 1130. The lowest BCUT2D eigenvalue weighted by Gasteiger charge is -2.34. The molecule has 3 aromatic rings. The molecule has 3 N–H and O–H groups in total. The third-order valence-electron chi connectivity index (χ3n) is 5.51. The van der Waals surface area contributed by atoms with Gasteiger partial charge >= 0.3 is 5.69 Å². The lowest BCUT2D eigenvalue weighted by atomic mass is 10.00. The van der Waals surface area contributed by atoms with Crippen LogP contribution in [0.2, 0.25) is 0 Å². The number of aromatic amines is 1. The maximum atomic E-state index is 12.9. The molecule has 0 fully saturated rings. The molecular weight excluding hydrogens is 376 g/mol. The van der Waals surface area contributed by atoms with E-state index < -0.39 is 11.2 Å². The SMILES string of the molecule is Nc1c(N(Cc2ccccc2)C2C=CCCC2)c(=O)[nH]c(=O)n1Cc1ccccc1. The predicted octanol–water partition coefficient (Wildman–Crippen LogP) is 3.28. The van der Waals surface area contributed by atoms with Crippen molar-refractivity contribution in [2.75, 3.05) is 10.6 Å². The molecule has 0 spiro atoms. The van der Waals surface area contributed by atoms with E-state index in [1.807, 2.05) is 65.6 Å². The molecule has 1 atom stereocenters. The van der Waals surface area contributed by atoms with Crippen molar-refractivity contribution in [3.63, 3.8) is 0 Å². The fourth-order valence-electron chi connectivity index (χ4n) is 3.97. The summed E-state index contributed by atoms with van der Waals surface area (Å²) in [6, 6.07) is 19.7. The van der Waals surface area contributed by atoms with Crippen molar-refractivity contribution in [1.82, 2.24) is 9.55 Å². The lowest BCUT2D eigenvalue weighted by Crippen LogP contribution is -2.42. The highest BCUT2D eigenvalue weighted by atomic mass is 16.2. The van der Waals surface area contributed by atoms with E-state index in [9.17, 15) is 9.59 Å². The third kappa shape index (κ3) is 4.22. The van der Waals surface area contributed by atoms with Crippen molar-refractivity contribution in [1.29, 1.82) is 0 Å². The molecule has 0 aliphatic heterocycles. The minimum absolute atomic E-state index is 0.0463. The van der Waals surface area contributed by atoms with E-state index >= 15 is 0 Å². The third-order valence-corrected chi connectivity index (χ3v) is 5.51. The van der Waals surface area contributed by atoms with Gasteiger partial charge in [0, 0.05) is 12.6 Å². The first-order valence-electron chi connectivity index (χ1n) is 10.3. The normalized spacial score (nSPS) is 15.8. The molecule has 0 bridgehead atoms. The number of allylic oxidation sites excluding steroid dienone is 1. The van der Waals surface area contributed by atoms with Crippen molar-refractivity contribution < 1.29 is 0 Å². The molecule has 30 heavy (non-hydrogen) atoms. The summed E-state index contributed by atoms with van der Waals surface area (Å²) >= 11 is 0. The minimum Gasteiger partial charge on any atom is -0.383 e. The van der Waals surface area contributed by atoms with E-state index in [2.05, 4.69) is 17.1 Å². The fraction of sp³-hybridized carbons (Fsp3) is 0.250. The number of nitrogens with one attached hydrogen (secondary N) is 1. The molecule has 0 saturated carbocycles. The standard InChI is InChI=1S/C24H26N4O2/c25-22-21(23(29)26-24(30)28(22)17-19-12-6-2-7-13-19)27(20-14-8-3-9-15-20)16-18-10-4-1-5-11-18/h1-2,4-8,10-14,20H,3,9,15-17,25H2,(H,26,29,30). The maximum absolute atomic E-state index is 12.9. The highest BCUT2D eigenvalue weighted by molar-refractivity contribution is 5.64. The van der Waals surface area contributed by atoms with Crippen LogP contribution in [0.25, 0.3) is 0 Å². The topological polar surface area (TPSA) is 84.1 Å². The van der Waals surface area contributed by atoms with Crippen LogP contribution in [0.1, 0.15) is 30.4 Å². The summed E-state index contributed by atoms with van der Waals surface area (Å²) in [6.07, 6.45) is 7.30. The molecule has 0 saturated heterocycles. The Labute approximate surface area is 175 Å². The number of nitrogen functional groups attached to an aromatic ring is 1. The molecule has 6 nitrogen and oxygen atoms in total. The van der Waals surface area contributed by atoms with Crippen LogP contribution in [-0.2, 0) is 13.1 Å². The molecule has 0 radical (unpaired) electrons. The summed E-state index contributed by atoms with van der Waals surface area (Å²) in [6.45, 7) is 0.835. The monoisotopic (exact) mass is 402 g/mol. The van der Waals surface area contributed by atoms with Gasteiger partial charge in [0.2, 0.25) is 0 Å². The first-order chi connectivity index (χ1) is 14.6. The number of anilines is 2. The molecule has 6 heteroatoms. The van der Waals surface area contributed by atoms with Gasteiger partial charge in [-0.25, -0.2) is 4.79 Å². The second-order valence-electron chi connectivity index (χ2n) is 7.60. The van der Waals surface area contributed by atoms with Crippen LogP contribution in [-0.4, -0.2) is 15.6 Å². The predicted molar refractivity (Wildman–Crippen MR) is 121 cm³/mol. The lowest BCUT2D eigenvalue weighted by molar-refractivity contribution is 0.579. The second kappa shape index (κ2) is 8.86. The van der Waals surface area contributed by atoms with Crippen LogP contribution in [0.15, 0.2) is 82.4 Å². The summed E-state index contributed by atoms with van der Waals surface area (Å²) in [5.74, 6) is 0.197. The number of rotatable bonds is 6. The number of aromatic nitrogens is 2. The van der Waals surface area contributed by atoms with Crippen LogP contribution in [0.3, 0.4) is 0 Å². The molecule has 1 aromatic heterocycles. The van der Waals surface area contributed by atoms with Gasteiger partial charge in [-0.15, -0.1) is 0 Å². The van der Waals surface area contributed by atoms with Crippen LogP contribution in [0.4, 0.5) is 11.5 Å². The minimum atomic E-state index is -0.496. The number of nitrogens with two attached hydrogens (primary N) is 1. The first kappa shape index (κ1) is 19.8. The van der Waals surface area contributed by atoms with E-state index in [1.54, 1.807) is 0 Å². The van der Waals surface area contributed by atoms with Gasteiger partial charge in [-0.05, 0) is 30.4 Å².